The number of hydrogen-bond acceptors (Lipinski definition) is 4. The molecular weight excluding hydrogens is 238 g/mol. The van der Waals surface area contributed by atoms with Crippen molar-refractivity contribution in [1.29, 1.82) is 0 Å². The fourth-order valence-corrected chi connectivity index (χ4v) is 2.71. The van der Waals surface area contributed by atoms with Gasteiger partial charge in [0.05, 0.1) is 5.69 Å². The number of imidazole rings is 2. The van der Waals surface area contributed by atoms with E-state index in [-0.39, 0.29) is 5.69 Å². The van der Waals surface area contributed by atoms with Crippen LogP contribution in [0, 0.1) is 6.92 Å². The molecule has 0 saturated heterocycles. The first-order valence-corrected chi connectivity index (χ1v) is 6.02. The van der Waals surface area contributed by atoms with Crippen molar-refractivity contribution in [2.45, 2.75) is 13.5 Å². The maximum absolute atomic E-state index is 11.2. The number of nitrogens with zero attached hydrogens (tertiary/aromatic N) is 2. The van der Waals surface area contributed by atoms with Gasteiger partial charge in [-0.05, 0) is 6.92 Å². The quantitative estimate of drug-likeness (QED) is 0.628. The van der Waals surface area contributed by atoms with Gasteiger partial charge in [0.2, 0.25) is 0 Å². The second-order valence-corrected chi connectivity index (χ2v) is 4.63. The van der Waals surface area contributed by atoms with Crippen LogP contribution < -0.4 is 11.4 Å². The first-order chi connectivity index (χ1) is 8.19. The molecule has 17 heavy (non-hydrogen) atoms. The van der Waals surface area contributed by atoms with Gasteiger partial charge >= 0.3 is 5.69 Å². The molecule has 0 radical (unpaired) electrons. The van der Waals surface area contributed by atoms with E-state index in [1.54, 1.807) is 0 Å². The number of thiazole rings is 1. The van der Waals surface area contributed by atoms with Crippen LogP contribution in [-0.4, -0.2) is 19.4 Å². The van der Waals surface area contributed by atoms with Gasteiger partial charge in [0, 0.05) is 29.5 Å². The summed E-state index contributed by atoms with van der Waals surface area (Å²) in [6.07, 6.45) is 1.89. The van der Waals surface area contributed by atoms with E-state index < -0.39 is 0 Å². The monoisotopic (exact) mass is 249 g/mol. The minimum absolute atomic E-state index is 0.215. The Hall–Kier alpha value is -1.86. The number of aryl methyl sites for hydroxylation is 1. The molecule has 4 N–H and O–H groups in total. The van der Waals surface area contributed by atoms with E-state index in [1.807, 2.05) is 22.9 Å². The molecule has 3 aromatic rings. The second kappa shape index (κ2) is 3.57. The third kappa shape index (κ3) is 1.51. The van der Waals surface area contributed by atoms with Gasteiger partial charge in [-0.2, -0.15) is 0 Å². The minimum Gasteiger partial charge on any atom is -0.325 e. The lowest BCUT2D eigenvalue weighted by atomic mass is 10.3. The molecule has 7 heteroatoms. The molecule has 88 valence electrons. The number of hydrogen-bond donors (Lipinski definition) is 3. The van der Waals surface area contributed by atoms with Crippen molar-refractivity contribution in [3.63, 3.8) is 0 Å². The predicted octanol–water partition coefficient (Wildman–Crippen LogP) is 0.846. The van der Waals surface area contributed by atoms with Crippen LogP contribution in [0.5, 0.6) is 0 Å². The number of aromatic nitrogens is 4. The number of H-pyrrole nitrogens is 2. The van der Waals surface area contributed by atoms with Crippen molar-refractivity contribution in [1.82, 2.24) is 19.4 Å². The first kappa shape index (κ1) is 10.3. The molecule has 0 aliphatic rings. The number of fused-ring (bicyclic) bond motifs is 1. The summed E-state index contributed by atoms with van der Waals surface area (Å²) in [4.78, 5) is 22.0. The molecule has 0 aliphatic carbocycles. The summed E-state index contributed by atoms with van der Waals surface area (Å²) in [5, 5.41) is 1.98. The third-order valence-corrected chi connectivity index (χ3v) is 3.55. The SMILES string of the molecule is Cc1[nH]c(=O)[nH]c1-c1cn2c(CN)csc2n1. The van der Waals surface area contributed by atoms with Crippen LogP contribution >= 0.6 is 11.3 Å². The van der Waals surface area contributed by atoms with Gasteiger partial charge in [0.25, 0.3) is 0 Å². The molecule has 0 unspecified atom stereocenters. The van der Waals surface area contributed by atoms with Crippen molar-refractivity contribution in [3.05, 3.63) is 33.4 Å². The van der Waals surface area contributed by atoms with Crippen LogP contribution in [-0.2, 0) is 6.54 Å². The van der Waals surface area contributed by atoms with E-state index in [1.165, 1.54) is 11.3 Å². The average molecular weight is 249 g/mol. The summed E-state index contributed by atoms with van der Waals surface area (Å²) in [5.74, 6) is 0. The zero-order valence-corrected chi connectivity index (χ0v) is 9.97. The Bertz CT molecular complexity index is 731. The van der Waals surface area contributed by atoms with Gasteiger partial charge in [-0.1, -0.05) is 0 Å². The molecule has 0 spiro atoms. The minimum atomic E-state index is -0.215. The summed E-state index contributed by atoms with van der Waals surface area (Å²) in [6, 6.07) is 0. The molecular formula is C10H11N5OS. The van der Waals surface area contributed by atoms with E-state index in [2.05, 4.69) is 15.0 Å². The highest BCUT2D eigenvalue weighted by Crippen LogP contribution is 2.22. The van der Waals surface area contributed by atoms with Crippen molar-refractivity contribution < 1.29 is 0 Å². The number of aromatic amines is 2. The lowest BCUT2D eigenvalue weighted by Gasteiger charge is -1.93. The zero-order chi connectivity index (χ0) is 12.0. The maximum Gasteiger partial charge on any atom is 0.323 e. The fraction of sp³-hybridized carbons (Fsp3) is 0.200. The standard InChI is InChI=1S/C10H11N5OS/c1-5-8(14-9(16)12-5)7-3-15-6(2-11)4-17-10(15)13-7/h3-4H,2,11H2,1H3,(H2,12,14,16). The van der Waals surface area contributed by atoms with Crippen molar-refractivity contribution >= 4 is 16.3 Å². The predicted molar refractivity (Wildman–Crippen MR) is 66.1 cm³/mol. The first-order valence-electron chi connectivity index (χ1n) is 5.14. The molecule has 6 nitrogen and oxygen atoms in total. The van der Waals surface area contributed by atoms with Gasteiger partial charge in [-0.25, -0.2) is 9.78 Å². The van der Waals surface area contributed by atoms with E-state index in [9.17, 15) is 4.79 Å². The molecule has 0 aromatic carbocycles. The summed E-state index contributed by atoms with van der Waals surface area (Å²) in [5.41, 5.74) is 8.70. The Balaban J connectivity index is 2.21. The van der Waals surface area contributed by atoms with Crippen LogP contribution in [0.3, 0.4) is 0 Å². The lowest BCUT2D eigenvalue weighted by molar-refractivity contribution is 0.966. The Kier molecular flexibility index (Phi) is 2.17. The van der Waals surface area contributed by atoms with Crippen LogP contribution in [0.1, 0.15) is 11.4 Å². The third-order valence-electron chi connectivity index (χ3n) is 2.66. The highest BCUT2D eigenvalue weighted by Gasteiger charge is 2.12. The maximum atomic E-state index is 11.2. The molecule has 0 bridgehead atoms. The van der Waals surface area contributed by atoms with E-state index in [0.29, 0.717) is 6.54 Å². The van der Waals surface area contributed by atoms with Gasteiger partial charge in [-0.15, -0.1) is 11.3 Å². The smallest absolute Gasteiger partial charge is 0.323 e. The molecule has 0 aliphatic heterocycles. The summed E-state index contributed by atoms with van der Waals surface area (Å²) in [7, 11) is 0. The van der Waals surface area contributed by atoms with E-state index in [4.69, 9.17) is 5.73 Å². The molecule has 0 amide bonds. The molecule has 0 saturated carbocycles. The number of nitrogens with one attached hydrogen (secondary N) is 2. The molecule has 3 rings (SSSR count). The van der Waals surface area contributed by atoms with E-state index >= 15 is 0 Å². The van der Waals surface area contributed by atoms with Crippen molar-refractivity contribution in [3.8, 4) is 11.4 Å². The normalized spacial score (nSPS) is 11.4. The highest BCUT2D eigenvalue weighted by molar-refractivity contribution is 7.15. The Morgan fingerprint density at radius 2 is 2.35 bits per heavy atom. The average Bonchev–Trinajstić information content (AvgIpc) is 2.91. The zero-order valence-electron chi connectivity index (χ0n) is 9.15. The van der Waals surface area contributed by atoms with Crippen LogP contribution in [0.25, 0.3) is 16.3 Å². The van der Waals surface area contributed by atoms with Crippen molar-refractivity contribution in [2.75, 3.05) is 0 Å². The van der Waals surface area contributed by atoms with Crippen LogP contribution in [0.4, 0.5) is 0 Å². The molecule has 0 atom stereocenters. The van der Waals surface area contributed by atoms with Crippen LogP contribution in [0.15, 0.2) is 16.4 Å². The Morgan fingerprint density at radius 3 is 3.00 bits per heavy atom. The summed E-state index contributed by atoms with van der Waals surface area (Å²) >= 11 is 1.54. The largest absolute Gasteiger partial charge is 0.325 e. The summed E-state index contributed by atoms with van der Waals surface area (Å²) in [6.45, 7) is 2.31. The number of rotatable bonds is 2. The Labute approximate surface area is 100 Å². The fourth-order valence-electron chi connectivity index (χ4n) is 1.82. The Morgan fingerprint density at radius 1 is 1.53 bits per heavy atom. The van der Waals surface area contributed by atoms with Gasteiger partial charge in [0.1, 0.15) is 5.69 Å². The van der Waals surface area contributed by atoms with Gasteiger partial charge in [-0.3, -0.25) is 4.40 Å². The second-order valence-electron chi connectivity index (χ2n) is 3.79. The topological polar surface area (TPSA) is 92.0 Å². The number of nitrogens with two attached hydrogens (primary N) is 1. The summed E-state index contributed by atoms with van der Waals surface area (Å²) < 4.78 is 1.95. The highest BCUT2D eigenvalue weighted by atomic mass is 32.1. The molecule has 3 heterocycles. The van der Waals surface area contributed by atoms with Gasteiger partial charge < -0.3 is 15.7 Å². The lowest BCUT2D eigenvalue weighted by Crippen LogP contribution is -2.00. The van der Waals surface area contributed by atoms with Crippen molar-refractivity contribution in [2.24, 2.45) is 5.73 Å². The van der Waals surface area contributed by atoms with Crippen LogP contribution in [0.2, 0.25) is 0 Å². The molecule has 0 fully saturated rings. The molecule has 3 aromatic heterocycles. The van der Waals surface area contributed by atoms with E-state index in [0.717, 1.165) is 27.7 Å². The van der Waals surface area contributed by atoms with Gasteiger partial charge in [0.15, 0.2) is 4.96 Å².